The van der Waals surface area contributed by atoms with E-state index in [0.717, 1.165) is 54.6 Å². The summed E-state index contributed by atoms with van der Waals surface area (Å²) in [6.07, 6.45) is 3.78. The highest BCUT2D eigenvalue weighted by molar-refractivity contribution is 5.82. The molecule has 0 aliphatic carbocycles. The van der Waals surface area contributed by atoms with Crippen LogP contribution < -0.4 is 0 Å². The van der Waals surface area contributed by atoms with Gasteiger partial charge in [0, 0.05) is 17.6 Å². The third kappa shape index (κ3) is 2.53. The molecular formula is C16H20O3. The molecule has 0 bridgehead atoms. The molecule has 3 rings (SSSR count). The van der Waals surface area contributed by atoms with E-state index >= 15 is 0 Å². The van der Waals surface area contributed by atoms with Gasteiger partial charge in [-0.25, -0.2) is 0 Å². The van der Waals surface area contributed by atoms with Crippen molar-refractivity contribution in [1.82, 2.24) is 0 Å². The zero-order valence-electron chi connectivity index (χ0n) is 11.3. The van der Waals surface area contributed by atoms with Crippen LogP contribution in [-0.2, 0) is 4.74 Å². The van der Waals surface area contributed by atoms with E-state index in [0.29, 0.717) is 6.10 Å². The van der Waals surface area contributed by atoms with Crippen molar-refractivity contribution >= 4 is 11.0 Å². The van der Waals surface area contributed by atoms with Gasteiger partial charge in [-0.05, 0) is 38.7 Å². The molecule has 1 aromatic carbocycles. The average molecular weight is 260 g/mol. The Hall–Kier alpha value is -1.32. The lowest BCUT2D eigenvalue weighted by molar-refractivity contribution is 0.0811. The molecule has 1 fully saturated rings. The molecule has 0 amide bonds. The van der Waals surface area contributed by atoms with Crippen LogP contribution in [0.4, 0.5) is 0 Å². The Kier molecular flexibility index (Phi) is 3.58. The van der Waals surface area contributed by atoms with Gasteiger partial charge in [-0.3, -0.25) is 0 Å². The number of aliphatic hydroxyl groups excluding tert-OH is 1. The van der Waals surface area contributed by atoms with Gasteiger partial charge in [-0.1, -0.05) is 18.2 Å². The van der Waals surface area contributed by atoms with Crippen LogP contribution in [0.2, 0.25) is 0 Å². The SMILES string of the molecule is Cc1oc2ccccc2c1C(O)CCC1CCCO1. The first-order chi connectivity index (χ1) is 9.25. The van der Waals surface area contributed by atoms with Crippen molar-refractivity contribution < 1.29 is 14.3 Å². The van der Waals surface area contributed by atoms with Crippen molar-refractivity contribution in [2.24, 2.45) is 0 Å². The van der Waals surface area contributed by atoms with Crippen LogP contribution in [-0.4, -0.2) is 17.8 Å². The van der Waals surface area contributed by atoms with Crippen LogP contribution in [0.15, 0.2) is 28.7 Å². The lowest BCUT2D eigenvalue weighted by Crippen LogP contribution is -2.08. The van der Waals surface area contributed by atoms with E-state index in [4.69, 9.17) is 9.15 Å². The van der Waals surface area contributed by atoms with Gasteiger partial charge in [0.25, 0.3) is 0 Å². The minimum atomic E-state index is -0.465. The summed E-state index contributed by atoms with van der Waals surface area (Å²) < 4.78 is 11.3. The maximum atomic E-state index is 10.4. The van der Waals surface area contributed by atoms with Crippen LogP contribution in [0, 0.1) is 6.92 Å². The molecule has 2 atom stereocenters. The predicted octanol–water partition coefficient (Wildman–Crippen LogP) is 3.73. The summed E-state index contributed by atoms with van der Waals surface area (Å²) in [6, 6.07) is 7.89. The monoisotopic (exact) mass is 260 g/mol. The van der Waals surface area contributed by atoms with Gasteiger partial charge in [-0.15, -0.1) is 0 Å². The molecule has 3 nitrogen and oxygen atoms in total. The van der Waals surface area contributed by atoms with E-state index in [-0.39, 0.29) is 0 Å². The van der Waals surface area contributed by atoms with Crippen LogP contribution >= 0.6 is 0 Å². The number of para-hydroxylation sites is 1. The average Bonchev–Trinajstić information content (AvgIpc) is 3.02. The number of hydrogen-bond donors (Lipinski definition) is 1. The van der Waals surface area contributed by atoms with Gasteiger partial charge in [0.1, 0.15) is 11.3 Å². The highest BCUT2D eigenvalue weighted by atomic mass is 16.5. The third-order valence-electron chi connectivity index (χ3n) is 3.94. The molecule has 3 heteroatoms. The molecule has 0 spiro atoms. The fraction of sp³-hybridized carbons (Fsp3) is 0.500. The topological polar surface area (TPSA) is 42.6 Å². The molecule has 1 saturated heterocycles. The predicted molar refractivity (Wildman–Crippen MR) is 74.1 cm³/mol. The highest BCUT2D eigenvalue weighted by Crippen LogP contribution is 2.33. The second-order valence-electron chi connectivity index (χ2n) is 5.30. The summed E-state index contributed by atoms with van der Waals surface area (Å²) in [5.41, 5.74) is 1.79. The molecule has 2 heterocycles. The first-order valence-electron chi connectivity index (χ1n) is 7.03. The summed E-state index contributed by atoms with van der Waals surface area (Å²) in [6.45, 7) is 2.79. The van der Waals surface area contributed by atoms with Crippen molar-refractivity contribution in [2.75, 3.05) is 6.61 Å². The Morgan fingerprint density at radius 1 is 1.37 bits per heavy atom. The first-order valence-corrected chi connectivity index (χ1v) is 7.03. The number of aliphatic hydroxyl groups is 1. The van der Waals surface area contributed by atoms with Crippen LogP contribution in [0.25, 0.3) is 11.0 Å². The second-order valence-corrected chi connectivity index (χ2v) is 5.30. The maximum Gasteiger partial charge on any atom is 0.134 e. The minimum absolute atomic E-state index is 0.327. The quantitative estimate of drug-likeness (QED) is 0.910. The zero-order chi connectivity index (χ0) is 13.2. The van der Waals surface area contributed by atoms with Gasteiger partial charge in [0.2, 0.25) is 0 Å². The molecular weight excluding hydrogens is 240 g/mol. The fourth-order valence-corrected chi connectivity index (χ4v) is 2.96. The van der Waals surface area contributed by atoms with Crippen LogP contribution in [0.3, 0.4) is 0 Å². The molecule has 2 aromatic rings. The van der Waals surface area contributed by atoms with Crippen molar-refractivity contribution in [3.8, 4) is 0 Å². The Labute approximate surface area is 113 Å². The zero-order valence-corrected chi connectivity index (χ0v) is 11.3. The number of ether oxygens (including phenoxy) is 1. The lowest BCUT2D eigenvalue weighted by atomic mass is 9.99. The largest absolute Gasteiger partial charge is 0.461 e. The Bertz CT molecular complexity index is 552. The molecule has 1 aliphatic rings. The number of rotatable bonds is 4. The van der Waals surface area contributed by atoms with E-state index in [1.807, 2.05) is 31.2 Å². The smallest absolute Gasteiger partial charge is 0.134 e. The third-order valence-corrected chi connectivity index (χ3v) is 3.94. The summed E-state index contributed by atoms with van der Waals surface area (Å²) >= 11 is 0. The lowest BCUT2D eigenvalue weighted by Gasteiger charge is -2.13. The normalized spacial score (nSPS) is 21.1. The van der Waals surface area contributed by atoms with Gasteiger partial charge < -0.3 is 14.3 Å². The van der Waals surface area contributed by atoms with Crippen molar-refractivity contribution in [3.05, 3.63) is 35.6 Å². The number of hydrogen-bond acceptors (Lipinski definition) is 3. The summed E-state index contributed by atoms with van der Waals surface area (Å²) in [4.78, 5) is 0. The van der Waals surface area contributed by atoms with E-state index in [2.05, 4.69) is 0 Å². The molecule has 1 aromatic heterocycles. The summed E-state index contributed by atoms with van der Waals surface area (Å²) in [5.74, 6) is 0.820. The number of furan rings is 1. The standard InChI is InChI=1S/C16H20O3/c1-11-16(13-6-2-3-7-15(13)19-11)14(17)9-8-12-5-4-10-18-12/h2-3,6-7,12,14,17H,4-5,8-10H2,1H3. The van der Waals surface area contributed by atoms with E-state index in [9.17, 15) is 5.11 Å². The van der Waals surface area contributed by atoms with E-state index < -0.39 is 6.10 Å². The molecule has 0 radical (unpaired) electrons. The van der Waals surface area contributed by atoms with Crippen molar-refractivity contribution in [2.45, 2.75) is 44.8 Å². The van der Waals surface area contributed by atoms with Crippen LogP contribution in [0.5, 0.6) is 0 Å². The number of fused-ring (bicyclic) bond motifs is 1. The Morgan fingerprint density at radius 3 is 3.00 bits per heavy atom. The number of benzene rings is 1. The molecule has 1 N–H and O–H groups in total. The highest BCUT2D eigenvalue weighted by Gasteiger charge is 2.21. The van der Waals surface area contributed by atoms with Gasteiger partial charge in [-0.2, -0.15) is 0 Å². The number of aryl methyl sites for hydroxylation is 1. The van der Waals surface area contributed by atoms with Crippen molar-refractivity contribution in [3.63, 3.8) is 0 Å². The summed E-state index contributed by atoms with van der Waals surface area (Å²) in [5, 5.41) is 11.5. The molecule has 2 unspecified atom stereocenters. The Morgan fingerprint density at radius 2 is 2.21 bits per heavy atom. The van der Waals surface area contributed by atoms with Crippen LogP contribution in [0.1, 0.15) is 43.1 Å². The first kappa shape index (κ1) is 12.7. The molecule has 1 aliphatic heterocycles. The summed E-state index contributed by atoms with van der Waals surface area (Å²) in [7, 11) is 0. The maximum absolute atomic E-state index is 10.4. The fourth-order valence-electron chi connectivity index (χ4n) is 2.96. The van der Waals surface area contributed by atoms with Gasteiger partial charge in [0.15, 0.2) is 0 Å². The Balaban J connectivity index is 1.76. The van der Waals surface area contributed by atoms with Gasteiger partial charge in [0.05, 0.1) is 12.2 Å². The van der Waals surface area contributed by atoms with E-state index in [1.54, 1.807) is 0 Å². The van der Waals surface area contributed by atoms with Crippen molar-refractivity contribution in [1.29, 1.82) is 0 Å². The molecule has 102 valence electrons. The molecule has 19 heavy (non-hydrogen) atoms. The molecule has 0 saturated carbocycles. The second kappa shape index (κ2) is 5.35. The minimum Gasteiger partial charge on any atom is -0.461 e. The van der Waals surface area contributed by atoms with Gasteiger partial charge >= 0.3 is 0 Å². The van der Waals surface area contributed by atoms with E-state index in [1.165, 1.54) is 0 Å².